The van der Waals surface area contributed by atoms with Gasteiger partial charge in [0.2, 0.25) is 0 Å². The van der Waals surface area contributed by atoms with Crippen LogP contribution in [0.15, 0.2) is 0 Å². The SMILES string of the molecule is CCC1(CO[Si](C)(C)C(C)(C)C)CCC(COC(C)=O)C1. The first-order valence-electron chi connectivity index (χ1n) is 8.29. The molecule has 2 unspecified atom stereocenters. The highest BCUT2D eigenvalue weighted by atomic mass is 28.4. The molecule has 124 valence electrons. The van der Waals surface area contributed by atoms with Crippen molar-refractivity contribution in [2.75, 3.05) is 13.2 Å². The highest BCUT2D eigenvalue weighted by molar-refractivity contribution is 6.74. The molecule has 0 aromatic rings. The summed E-state index contributed by atoms with van der Waals surface area (Å²) in [4.78, 5) is 11.0. The van der Waals surface area contributed by atoms with Crippen LogP contribution < -0.4 is 0 Å². The topological polar surface area (TPSA) is 35.5 Å². The van der Waals surface area contributed by atoms with Crippen LogP contribution in [-0.2, 0) is 14.0 Å². The molecule has 0 heterocycles. The fraction of sp³-hybridized carbons (Fsp3) is 0.941. The monoisotopic (exact) mass is 314 g/mol. The Kier molecular flexibility index (Phi) is 6.07. The molecule has 4 heteroatoms. The number of rotatable bonds is 6. The van der Waals surface area contributed by atoms with Crippen LogP contribution in [0.2, 0.25) is 18.1 Å². The van der Waals surface area contributed by atoms with Crippen molar-refractivity contribution >= 4 is 14.3 Å². The van der Waals surface area contributed by atoms with E-state index in [0.29, 0.717) is 17.9 Å². The van der Waals surface area contributed by atoms with Crippen LogP contribution in [0.25, 0.3) is 0 Å². The van der Waals surface area contributed by atoms with Crippen LogP contribution in [0, 0.1) is 11.3 Å². The maximum absolute atomic E-state index is 11.0. The van der Waals surface area contributed by atoms with Crippen molar-refractivity contribution in [2.45, 2.75) is 78.4 Å². The van der Waals surface area contributed by atoms with Gasteiger partial charge in [-0.15, -0.1) is 0 Å². The Morgan fingerprint density at radius 1 is 1.33 bits per heavy atom. The third kappa shape index (κ3) is 5.10. The molecule has 21 heavy (non-hydrogen) atoms. The first-order chi connectivity index (χ1) is 9.51. The molecule has 0 radical (unpaired) electrons. The minimum absolute atomic E-state index is 0.165. The molecular weight excluding hydrogens is 280 g/mol. The van der Waals surface area contributed by atoms with Crippen molar-refractivity contribution < 1.29 is 14.0 Å². The lowest BCUT2D eigenvalue weighted by Crippen LogP contribution is -2.43. The summed E-state index contributed by atoms with van der Waals surface area (Å²) in [6.45, 7) is 16.7. The van der Waals surface area contributed by atoms with Gasteiger partial charge >= 0.3 is 5.97 Å². The summed E-state index contributed by atoms with van der Waals surface area (Å²) in [5.41, 5.74) is 0.292. The van der Waals surface area contributed by atoms with E-state index in [-0.39, 0.29) is 11.0 Å². The molecule has 0 aliphatic heterocycles. The average Bonchev–Trinajstić information content (AvgIpc) is 2.77. The Morgan fingerprint density at radius 2 is 1.95 bits per heavy atom. The Labute approximate surface area is 131 Å². The maximum atomic E-state index is 11.0. The van der Waals surface area contributed by atoms with Crippen molar-refractivity contribution in [3.8, 4) is 0 Å². The quantitative estimate of drug-likeness (QED) is 0.523. The number of ether oxygens (including phenoxy) is 1. The van der Waals surface area contributed by atoms with E-state index >= 15 is 0 Å². The fourth-order valence-corrected chi connectivity index (χ4v) is 3.91. The second kappa shape index (κ2) is 6.82. The number of esters is 1. The van der Waals surface area contributed by atoms with Gasteiger partial charge in [0, 0.05) is 13.5 Å². The van der Waals surface area contributed by atoms with Gasteiger partial charge in [-0.05, 0) is 55.1 Å². The standard InChI is InChI=1S/C17H34O3Si/c1-8-17(13-20-21(6,7)16(3,4)5)10-9-15(11-17)12-19-14(2)18/h15H,8-13H2,1-7H3. The molecule has 1 saturated carbocycles. The average molecular weight is 315 g/mol. The molecule has 0 saturated heterocycles. The third-order valence-electron chi connectivity index (χ3n) is 5.62. The lowest BCUT2D eigenvalue weighted by atomic mass is 9.83. The van der Waals surface area contributed by atoms with Gasteiger partial charge in [-0.2, -0.15) is 0 Å². The van der Waals surface area contributed by atoms with E-state index in [2.05, 4.69) is 40.8 Å². The molecule has 3 nitrogen and oxygen atoms in total. The minimum atomic E-state index is -1.68. The number of carbonyl (C=O) groups is 1. The maximum Gasteiger partial charge on any atom is 0.302 e. The zero-order valence-electron chi connectivity index (χ0n) is 15.0. The first-order valence-corrected chi connectivity index (χ1v) is 11.2. The Hall–Kier alpha value is -0.353. The smallest absolute Gasteiger partial charge is 0.302 e. The second-order valence-electron chi connectivity index (χ2n) is 8.31. The van der Waals surface area contributed by atoms with Crippen LogP contribution in [0.5, 0.6) is 0 Å². The van der Waals surface area contributed by atoms with Crippen LogP contribution in [-0.4, -0.2) is 27.5 Å². The van der Waals surface area contributed by atoms with Crippen LogP contribution in [0.1, 0.15) is 60.3 Å². The molecule has 0 N–H and O–H groups in total. The summed E-state index contributed by atoms with van der Waals surface area (Å²) < 4.78 is 11.7. The third-order valence-corrected chi connectivity index (χ3v) is 10.1. The molecule has 1 fully saturated rings. The van der Waals surface area contributed by atoms with E-state index in [9.17, 15) is 4.79 Å². The summed E-state index contributed by atoms with van der Waals surface area (Å²) in [7, 11) is -1.68. The highest BCUT2D eigenvalue weighted by Crippen LogP contribution is 2.46. The van der Waals surface area contributed by atoms with E-state index in [4.69, 9.17) is 9.16 Å². The van der Waals surface area contributed by atoms with Crippen molar-refractivity contribution in [2.24, 2.45) is 11.3 Å². The molecule has 1 rings (SSSR count). The molecule has 1 aliphatic carbocycles. The Balaban J connectivity index is 2.57. The van der Waals surface area contributed by atoms with Gasteiger partial charge in [0.05, 0.1) is 6.61 Å². The number of hydrogen-bond donors (Lipinski definition) is 0. The molecule has 2 atom stereocenters. The normalized spacial score (nSPS) is 26.9. The zero-order valence-corrected chi connectivity index (χ0v) is 16.0. The van der Waals surface area contributed by atoms with Crippen molar-refractivity contribution in [3.05, 3.63) is 0 Å². The van der Waals surface area contributed by atoms with Gasteiger partial charge < -0.3 is 9.16 Å². The van der Waals surface area contributed by atoms with E-state index in [1.54, 1.807) is 0 Å². The first kappa shape index (κ1) is 18.7. The fourth-order valence-electron chi connectivity index (χ4n) is 2.81. The summed E-state index contributed by atoms with van der Waals surface area (Å²) in [5.74, 6) is 0.346. The Morgan fingerprint density at radius 3 is 2.43 bits per heavy atom. The summed E-state index contributed by atoms with van der Waals surface area (Å²) in [5, 5.41) is 0.262. The molecule has 0 aromatic carbocycles. The molecule has 0 bridgehead atoms. The van der Waals surface area contributed by atoms with E-state index in [1.165, 1.54) is 13.3 Å². The van der Waals surface area contributed by atoms with Gasteiger partial charge in [0.15, 0.2) is 8.32 Å². The highest BCUT2D eigenvalue weighted by Gasteiger charge is 2.43. The summed E-state index contributed by atoms with van der Waals surface area (Å²) in [6, 6.07) is 0. The van der Waals surface area contributed by atoms with Gasteiger partial charge in [0.1, 0.15) is 0 Å². The second-order valence-corrected chi connectivity index (χ2v) is 13.1. The van der Waals surface area contributed by atoms with Gasteiger partial charge in [0.25, 0.3) is 0 Å². The molecular formula is C17H34O3Si. The zero-order chi connectivity index (χ0) is 16.3. The minimum Gasteiger partial charge on any atom is -0.466 e. The predicted octanol–water partition coefficient (Wildman–Crippen LogP) is 4.77. The van der Waals surface area contributed by atoms with Gasteiger partial charge in [-0.25, -0.2) is 0 Å². The lowest BCUT2D eigenvalue weighted by Gasteiger charge is -2.40. The number of hydrogen-bond acceptors (Lipinski definition) is 3. The molecule has 1 aliphatic rings. The molecule has 0 amide bonds. The van der Waals surface area contributed by atoms with E-state index in [0.717, 1.165) is 25.9 Å². The summed E-state index contributed by atoms with van der Waals surface area (Å²) in [6.07, 6.45) is 4.63. The van der Waals surface area contributed by atoms with E-state index in [1.807, 2.05) is 0 Å². The lowest BCUT2D eigenvalue weighted by molar-refractivity contribution is -0.142. The number of carbonyl (C=O) groups excluding carboxylic acids is 1. The molecule has 0 aromatic heterocycles. The summed E-state index contributed by atoms with van der Waals surface area (Å²) >= 11 is 0. The van der Waals surface area contributed by atoms with E-state index < -0.39 is 8.32 Å². The van der Waals surface area contributed by atoms with Crippen LogP contribution in [0.4, 0.5) is 0 Å². The van der Waals surface area contributed by atoms with Crippen molar-refractivity contribution in [1.82, 2.24) is 0 Å². The Bertz CT molecular complexity index is 360. The van der Waals surface area contributed by atoms with Gasteiger partial charge in [-0.3, -0.25) is 4.79 Å². The van der Waals surface area contributed by atoms with Gasteiger partial charge in [-0.1, -0.05) is 27.7 Å². The van der Waals surface area contributed by atoms with Crippen LogP contribution in [0.3, 0.4) is 0 Å². The molecule has 0 spiro atoms. The largest absolute Gasteiger partial charge is 0.466 e. The van der Waals surface area contributed by atoms with Crippen molar-refractivity contribution in [1.29, 1.82) is 0 Å². The van der Waals surface area contributed by atoms with Crippen LogP contribution >= 0.6 is 0 Å². The predicted molar refractivity (Wildman–Crippen MR) is 89.8 cm³/mol. The van der Waals surface area contributed by atoms with Crippen molar-refractivity contribution in [3.63, 3.8) is 0 Å².